The van der Waals surface area contributed by atoms with Gasteiger partial charge < -0.3 is 4.74 Å². The molecule has 112 valence electrons. The normalized spacial score (nSPS) is 24.9. The number of alkyl halides is 4. The molecule has 0 saturated carbocycles. The van der Waals surface area contributed by atoms with Gasteiger partial charge in [-0.2, -0.15) is 13.2 Å². The fourth-order valence-electron chi connectivity index (χ4n) is 2.22. The number of benzene rings is 1. The van der Waals surface area contributed by atoms with Gasteiger partial charge in [0.15, 0.2) is 0 Å². The van der Waals surface area contributed by atoms with Crippen molar-refractivity contribution < 1.29 is 17.9 Å². The van der Waals surface area contributed by atoms with Crippen LogP contribution in [-0.2, 0) is 17.5 Å². The van der Waals surface area contributed by atoms with Crippen LogP contribution >= 0.6 is 15.9 Å². The Morgan fingerprint density at radius 1 is 1.30 bits per heavy atom. The SMILES string of the molecule is CC1COC(CBr)CN1Cc1ccc(C(F)(F)F)cc1. The summed E-state index contributed by atoms with van der Waals surface area (Å²) in [7, 11) is 0. The molecule has 2 unspecified atom stereocenters. The predicted octanol–water partition coefficient (Wildman–Crippen LogP) is 3.69. The van der Waals surface area contributed by atoms with Crippen LogP contribution in [-0.4, -0.2) is 35.5 Å². The van der Waals surface area contributed by atoms with Gasteiger partial charge in [-0.05, 0) is 24.6 Å². The van der Waals surface area contributed by atoms with Crippen LogP contribution in [0.5, 0.6) is 0 Å². The van der Waals surface area contributed by atoms with Crippen molar-refractivity contribution in [2.75, 3.05) is 18.5 Å². The minimum atomic E-state index is -4.27. The van der Waals surface area contributed by atoms with Crippen LogP contribution < -0.4 is 0 Å². The van der Waals surface area contributed by atoms with E-state index in [1.807, 2.05) is 0 Å². The standard InChI is InChI=1S/C14H17BrF3NO/c1-10-9-20-13(6-15)8-19(10)7-11-2-4-12(5-3-11)14(16,17)18/h2-5,10,13H,6-9H2,1H3. The van der Waals surface area contributed by atoms with Gasteiger partial charge in [-0.25, -0.2) is 0 Å². The lowest BCUT2D eigenvalue weighted by molar-refractivity contribution is -0.137. The number of morpholine rings is 1. The van der Waals surface area contributed by atoms with Crippen LogP contribution in [0.2, 0.25) is 0 Å². The summed E-state index contributed by atoms with van der Waals surface area (Å²) in [5, 5.41) is 0.767. The lowest BCUT2D eigenvalue weighted by Gasteiger charge is -2.37. The van der Waals surface area contributed by atoms with Gasteiger partial charge in [0.1, 0.15) is 0 Å². The summed E-state index contributed by atoms with van der Waals surface area (Å²) >= 11 is 3.40. The Labute approximate surface area is 125 Å². The summed E-state index contributed by atoms with van der Waals surface area (Å²) in [6.45, 7) is 4.14. The van der Waals surface area contributed by atoms with E-state index in [0.29, 0.717) is 13.2 Å². The Bertz CT molecular complexity index is 435. The predicted molar refractivity (Wildman–Crippen MR) is 74.9 cm³/mol. The highest BCUT2D eigenvalue weighted by Crippen LogP contribution is 2.29. The molecule has 1 aliphatic heterocycles. The van der Waals surface area contributed by atoms with Crippen molar-refractivity contribution in [3.63, 3.8) is 0 Å². The van der Waals surface area contributed by atoms with E-state index >= 15 is 0 Å². The van der Waals surface area contributed by atoms with Gasteiger partial charge in [-0.1, -0.05) is 28.1 Å². The zero-order valence-corrected chi connectivity index (χ0v) is 12.7. The van der Waals surface area contributed by atoms with E-state index in [0.717, 1.165) is 29.6 Å². The second kappa shape index (κ2) is 6.45. The van der Waals surface area contributed by atoms with Crippen LogP contribution in [0.25, 0.3) is 0 Å². The summed E-state index contributed by atoms with van der Waals surface area (Å²) in [6, 6.07) is 5.65. The van der Waals surface area contributed by atoms with E-state index in [4.69, 9.17) is 4.74 Å². The van der Waals surface area contributed by atoms with E-state index in [1.54, 1.807) is 12.1 Å². The molecule has 2 atom stereocenters. The van der Waals surface area contributed by atoms with Gasteiger partial charge in [0.2, 0.25) is 0 Å². The number of nitrogens with zero attached hydrogens (tertiary/aromatic N) is 1. The molecular weight excluding hydrogens is 335 g/mol. The van der Waals surface area contributed by atoms with Crippen LogP contribution in [0, 0.1) is 0 Å². The van der Waals surface area contributed by atoms with E-state index in [2.05, 4.69) is 27.8 Å². The molecule has 1 heterocycles. The molecule has 0 radical (unpaired) electrons. The third-order valence-electron chi connectivity index (χ3n) is 3.47. The molecule has 0 amide bonds. The number of halogens is 4. The summed E-state index contributed by atoms with van der Waals surface area (Å²) in [5.41, 5.74) is 0.287. The zero-order chi connectivity index (χ0) is 14.8. The molecule has 6 heteroatoms. The smallest absolute Gasteiger partial charge is 0.374 e. The van der Waals surface area contributed by atoms with Gasteiger partial charge in [-0.3, -0.25) is 4.90 Å². The van der Waals surface area contributed by atoms with Crippen LogP contribution in [0.3, 0.4) is 0 Å². The largest absolute Gasteiger partial charge is 0.416 e. The van der Waals surface area contributed by atoms with Crippen molar-refractivity contribution in [3.8, 4) is 0 Å². The fourth-order valence-corrected chi connectivity index (χ4v) is 2.61. The maximum atomic E-state index is 12.5. The van der Waals surface area contributed by atoms with Gasteiger partial charge in [-0.15, -0.1) is 0 Å². The monoisotopic (exact) mass is 351 g/mol. The minimum absolute atomic E-state index is 0.139. The first-order valence-corrected chi connectivity index (χ1v) is 7.60. The van der Waals surface area contributed by atoms with E-state index < -0.39 is 11.7 Å². The summed E-state index contributed by atoms with van der Waals surface area (Å²) in [6.07, 6.45) is -4.13. The van der Waals surface area contributed by atoms with Crippen molar-refractivity contribution in [2.24, 2.45) is 0 Å². The Kier molecular flexibility index (Phi) is 5.09. The summed E-state index contributed by atoms with van der Waals surface area (Å²) in [4.78, 5) is 2.23. The third-order valence-corrected chi connectivity index (χ3v) is 4.20. The second-order valence-electron chi connectivity index (χ2n) is 5.08. The molecule has 1 aromatic carbocycles. The molecule has 2 nitrogen and oxygen atoms in total. The Morgan fingerprint density at radius 2 is 1.95 bits per heavy atom. The molecule has 1 fully saturated rings. The van der Waals surface area contributed by atoms with Crippen molar-refractivity contribution in [1.82, 2.24) is 4.90 Å². The average molecular weight is 352 g/mol. The first-order valence-electron chi connectivity index (χ1n) is 6.48. The molecule has 0 aliphatic carbocycles. The molecule has 1 saturated heterocycles. The van der Waals surface area contributed by atoms with Crippen molar-refractivity contribution >= 4 is 15.9 Å². The van der Waals surface area contributed by atoms with Crippen LogP contribution in [0.4, 0.5) is 13.2 Å². The lowest BCUT2D eigenvalue weighted by Crippen LogP contribution is -2.48. The molecule has 1 aliphatic rings. The van der Waals surface area contributed by atoms with Crippen molar-refractivity contribution in [3.05, 3.63) is 35.4 Å². The Balaban J connectivity index is 2.02. The summed E-state index contributed by atoms with van der Waals surface area (Å²) in [5.74, 6) is 0. The highest BCUT2D eigenvalue weighted by molar-refractivity contribution is 9.09. The number of hydrogen-bond donors (Lipinski definition) is 0. The van der Waals surface area contributed by atoms with Gasteiger partial charge in [0, 0.05) is 24.5 Å². The molecule has 0 aromatic heterocycles. The maximum Gasteiger partial charge on any atom is 0.416 e. The molecule has 2 rings (SSSR count). The van der Waals surface area contributed by atoms with E-state index in [9.17, 15) is 13.2 Å². The molecule has 0 N–H and O–H groups in total. The first-order chi connectivity index (χ1) is 9.40. The Morgan fingerprint density at radius 3 is 2.50 bits per heavy atom. The molecule has 20 heavy (non-hydrogen) atoms. The molecule has 1 aromatic rings. The topological polar surface area (TPSA) is 12.5 Å². The van der Waals surface area contributed by atoms with Gasteiger partial charge >= 0.3 is 6.18 Å². The first kappa shape index (κ1) is 15.8. The Hall–Kier alpha value is -0.590. The maximum absolute atomic E-state index is 12.5. The van der Waals surface area contributed by atoms with Crippen LogP contribution in [0.1, 0.15) is 18.1 Å². The number of ether oxygens (including phenoxy) is 1. The van der Waals surface area contributed by atoms with E-state index in [-0.39, 0.29) is 12.1 Å². The van der Waals surface area contributed by atoms with Gasteiger partial charge in [0.25, 0.3) is 0 Å². The van der Waals surface area contributed by atoms with E-state index in [1.165, 1.54) is 0 Å². The summed E-state index contributed by atoms with van der Waals surface area (Å²) < 4.78 is 43.1. The molecule has 0 bridgehead atoms. The number of rotatable bonds is 3. The molecular formula is C14H17BrF3NO. The fraction of sp³-hybridized carbons (Fsp3) is 0.571. The molecule has 0 spiro atoms. The highest BCUT2D eigenvalue weighted by atomic mass is 79.9. The highest BCUT2D eigenvalue weighted by Gasteiger charge is 2.30. The van der Waals surface area contributed by atoms with Crippen molar-refractivity contribution in [1.29, 1.82) is 0 Å². The minimum Gasteiger partial charge on any atom is -0.374 e. The second-order valence-corrected chi connectivity index (χ2v) is 5.73. The van der Waals surface area contributed by atoms with Crippen molar-refractivity contribution in [2.45, 2.75) is 31.8 Å². The third kappa shape index (κ3) is 3.96. The van der Waals surface area contributed by atoms with Gasteiger partial charge in [0.05, 0.1) is 18.3 Å². The zero-order valence-electron chi connectivity index (χ0n) is 11.2. The van der Waals surface area contributed by atoms with Crippen LogP contribution in [0.15, 0.2) is 24.3 Å². The number of hydrogen-bond acceptors (Lipinski definition) is 2. The lowest BCUT2D eigenvalue weighted by atomic mass is 10.1. The quantitative estimate of drug-likeness (QED) is 0.770. The average Bonchev–Trinajstić information content (AvgIpc) is 2.41.